The molecule has 0 saturated carbocycles. The molecule has 58 valence electrons. The number of hydrogen-bond donors (Lipinski definition) is 2. The van der Waals surface area contributed by atoms with Crippen LogP contribution in [0.4, 0.5) is 0 Å². The van der Waals surface area contributed by atoms with Crippen molar-refractivity contribution in [2.75, 3.05) is 6.61 Å². The Balaban J connectivity index is 0.000000810. The second kappa shape index (κ2) is 4.68. The van der Waals surface area contributed by atoms with Crippen LogP contribution in [0.3, 0.4) is 0 Å². The fourth-order valence-corrected chi connectivity index (χ4v) is 1.32. The van der Waals surface area contributed by atoms with Gasteiger partial charge in [-0.1, -0.05) is 0 Å². The van der Waals surface area contributed by atoms with E-state index in [1.807, 2.05) is 16.8 Å². The molecular formula is C6H10ClNOS. The Bertz CT molecular complexity index is 166. The molecule has 0 bridgehead atoms. The highest BCUT2D eigenvalue weighted by Crippen LogP contribution is 2.12. The molecule has 1 aromatic heterocycles. The van der Waals surface area contributed by atoms with Crippen LogP contribution in [0.15, 0.2) is 16.8 Å². The van der Waals surface area contributed by atoms with Gasteiger partial charge in [0, 0.05) is 0 Å². The average Bonchev–Trinajstić information content (AvgIpc) is 2.37. The fraction of sp³-hybridized carbons (Fsp3) is 0.333. The first-order valence-corrected chi connectivity index (χ1v) is 3.67. The van der Waals surface area contributed by atoms with Crippen molar-refractivity contribution >= 4 is 23.7 Å². The molecule has 1 aromatic rings. The van der Waals surface area contributed by atoms with Gasteiger partial charge in [-0.2, -0.15) is 11.3 Å². The molecule has 10 heavy (non-hydrogen) atoms. The lowest BCUT2D eigenvalue weighted by molar-refractivity contribution is 0.268. The van der Waals surface area contributed by atoms with E-state index >= 15 is 0 Å². The van der Waals surface area contributed by atoms with Crippen LogP contribution in [0.1, 0.15) is 11.6 Å². The molecule has 4 heteroatoms. The van der Waals surface area contributed by atoms with Crippen LogP contribution in [0.5, 0.6) is 0 Å². The van der Waals surface area contributed by atoms with E-state index in [-0.39, 0.29) is 25.1 Å². The second-order valence-corrected chi connectivity index (χ2v) is 2.63. The van der Waals surface area contributed by atoms with Gasteiger partial charge in [-0.3, -0.25) is 0 Å². The van der Waals surface area contributed by atoms with Gasteiger partial charge in [-0.05, 0) is 22.4 Å². The van der Waals surface area contributed by atoms with Crippen molar-refractivity contribution in [1.82, 2.24) is 0 Å². The Labute approximate surface area is 70.1 Å². The minimum Gasteiger partial charge on any atom is -0.394 e. The van der Waals surface area contributed by atoms with Crippen LogP contribution in [-0.2, 0) is 0 Å². The Hall–Kier alpha value is -0.0900. The smallest absolute Gasteiger partial charge is 0.0624 e. The lowest BCUT2D eigenvalue weighted by Crippen LogP contribution is -2.13. The Kier molecular flexibility index (Phi) is 4.64. The third kappa shape index (κ3) is 2.27. The molecule has 0 spiro atoms. The summed E-state index contributed by atoms with van der Waals surface area (Å²) in [5.41, 5.74) is 6.51. The van der Waals surface area contributed by atoms with E-state index in [0.29, 0.717) is 0 Å². The zero-order valence-electron chi connectivity index (χ0n) is 5.36. The van der Waals surface area contributed by atoms with Crippen LogP contribution in [0.25, 0.3) is 0 Å². The lowest BCUT2D eigenvalue weighted by Gasteiger charge is -2.02. The van der Waals surface area contributed by atoms with Gasteiger partial charge in [0.2, 0.25) is 0 Å². The number of thiophene rings is 1. The minimum absolute atomic E-state index is 0. The highest BCUT2D eigenvalue weighted by Gasteiger charge is 2.01. The molecule has 3 N–H and O–H groups in total. The zero-order chi connectivity index (χ0) is 6.69. The van der Waals surface area contributed by atoms with E-state index in [1.165, 1.54) is 0 Å². The molecule has 0 fully saturated rings. The largest absolute Gasteiger partial charge is 0.394 e. The Morgan fingerprint density at radius 1 is 1.70 bits per heavy atom. The Morgan fingerprint density at radius 3 is 2.80 bits per heavy atom. The first-order chi connectivity index (χ1) is 4.34. The van der Waals surface area contributed by atoms with Crippen LogP contribution >= 0.6 is 23.7 Å². The SMILES string of the molecule is Cl.N[C@H](CO)c1ccsc1. The molecule has 2 nitrogen and oxygen atoms in total. The van der Waals surface area contributed by atoms with Gasteiger partial charge < -0.3 is 10.8 Å². The van der Waals surface area contributed by atoms with Gasteiger partial charge in [0.15, 0.2) is 0 Å². The van der Waals surface area contributed by atoms with E-state index in [4.69, 9.17) is 10.8 Å². The highest BCUT2D eigenvalue weighted by atomic mass is 35.5. The number of nitrogens with two attached hydrogens (primary N) is 1. The third-order valence-electron chi connectivity index (χ3n) is 1.17. The van der Waals surface area contributed by atoms with E-state index < -0.39 is 0 Å². The molecular weight excluding hydrogens is 170 g/mol. The van der Waals surface area contributed by atoms with Crippen LogP contribution < -0.4 is 5.73 Å². The van der Waals surface area contributed by atoms with Crippen LogP contribution in [0.2, 0.25) is 0 Å². The minimum atomic E-state index is -0.198. The van der Waals surface area contributed by atoms with Crippen molar-refractivity contribution in [2.45, 2.75) is 6.04 Å². The summed E-state index contributed by atoms with van der Waals surface area (Å²) >= 11 is 1.59. The van der Waals surface area contributed by atoms with Crippen molar-refractivity contribution in [3.05, 3.63) is 22.4 Å². The molecule has 0 aromatic carbocycles. The summed E-state index contributed by atoms with van der Waals surface area (Å²) in [5.74, 6) is 0. The molecule has 0 aliphatic rings. The molecule has 1 heterocycles. The molecule has 0 aliphatic heterocycles. The summed E-state index contributed by atoms with van der Waals surface area (Å²) in [4.78, 5) is 0. The molecule has 0 saturated heterocycles. The normalized spacial score (nSPS) is 12.2. The average molecular weight is 180 g/mol. The van der Waals surface area contributed by atoms with Crippen LogP contribution in [0, 0.1) is 0 Å². The van der Waals surface area contributed by atoms with Crippen molar-refractivity contribution in [3.63, 3.8) is 0 Å². The van der Waals surface area contributed by atoms with E-state index in [1.54, 1.807) is 11.3 Å². The van der Waals surface area contributed by atoms with Gasteiger partial charge >= 0.3 is 0 Å². The number of hydrogen-bond acceptors (Lipinski definition) is 3. The number of aliphatic hydroxyl groups excluding tert-OH is 1. The maximum Gasteiger partial charge on any atom is 0.0624 e. The molecule has 0 amide bonds. The summed E-state index contributed by atoms with van der Waals surface area (Å²) in [6.07, 6.45) is 0. The van der Waals surface area contributed by atoms with Crippen molar-refractivity contribution in [1.29, 1.82) is 0 Å². The number of aliphatic hydroxyl groups is 1. The van der Waals surface area contributed by atoms with Gasteiger partial charge in [0.05, 0.1) is 12.6 Å². The summed E-state index contributed by atoms with van der Waals surface area (Å²) in [7, 11) is 0. The fourth-order valence-electron chi connectivity index (χ4n) is 0.591. The van der Waals surface area contributed by atoms with Gasteiger partial charge in [0.1, 0.15) is 0 Å². The molecule has 1 rings (SSSR count). The second-order valence-electron chi connectivity index (χ2n) is 1.85. The van der Waals surface area contributed by atoms with Crippen molar-refractivity contribution in [3.8, 4) is 0 Å². The van der Waals surface area contributed by atoms with Crippen molar-refractivity contribution in [2.24, 2.45) is 5.73 Å². The van der Waals surface area contributed by atoms with E-state index in [9.17, 15) is 0 Å². The topological polar surface area (TPSA) is 46.2 Å². The lowest BCUT2D eigenvalue weighted by atomic mass is 10.2. The predicted octanol–water partition coefficient (Wildman–Crippen LogP) is 1.16. The summed E-state index contributed by atoms with van der Waals surface area (Å²) in [6.45, 7) is 0.0245. The molecule has 0 unspecified atom stereocenters. The molecule has 0 aliphatic carbocycles. The first-order valence-electron chi connectivity index (χ1n) is 2.73. The third-order valence-corrected chi connectivity index (χ3v) is 1.87. The molecule has 0 radical (unpaired) electrons. The maximum absolute atomic E-state index is 8.59. The van der Waals surface area contributed by atoms with Gasteiger partial charge in [-0.25, -0.2) is 0 Å². The number of rotatable bonds is 2. The zero-order valence-corrected chi connectivity index (χ0v) is 6.99. The standard InChI is InChI=1S/C6H9NOS.ClH/c7-6(3-8)5-1-2-9-4-5;/h1-2,4,6,8H,3,7H2;1H/t6-;/m1./s1. The van der Waals surface area contributed by atoms with Crippen LogP contribution in [-0.4, -0.2) is 11.7 Å². The predicted molar refractivity (Wildman–Crippen MR) is 45.6 cm³/mol. The molecule has 1 atom stereocenters. The summed E-state index contributed by atoms with van der Waals surface area (Å²) < 4.78 is 0. The van der Waals surface area contributed by atoms with Gasteiger partial charge in [-0.15, -0.1) is 12.4 Å². The summed E-state index contributed by atoms with van der Waals surface area (Å²) in [6, 6.07) is 1.72. The summed E-state index contributed by atoms with van der Waals surface area (Å²) in [5, 5.41) is 12.5. The van der Waals surface area contributed by atoms with E-state index in [0.717, 1.165) is 5.56 Å². The Morgan fingerprint density at radius 2 is 2.40 bits per heavy atom. The van der Waals surface area contributed by atoms with E-state index in [2.05, 4.69) is 0 Å². The maximum atomic E-state index is 8.59. The first kappa shape index (κ1) is 9.91. The van der Waals surface area contributed by atoms with Gasteiger partial charge in [0.25, 0.3) is 0 Å². The van der Waals surface area contributed by atoms with Crippen molar-refractivity contribution < 1.29 is 5.11 Å². The monoisotopic (exact) mass is 179 g/mol. The number of halogens is 1. The highest BCUT2D eigenvalue weighted by molar-refractivity contribution is 7.07. The quantitative estimate of drug-likeness (QED) is 0.716.